The molecule has 1 heterocycles. The molecule has 2 N–H and O–H groups in total. The van der Waals surface area contributed by atoms with Crippen LogP contribution in [-0.2, 0) is 15.8 Å². The Balaban J connectivity index is 2.26. The summed E-state index contributed by atoms with van der Waals surface area (Å²) in [7, 11) is 1.66. The van der Waals surface area contributed by atoms with Crippen molar-refractivity contribution >= 4 is 0 Å². The highest BCUT2D eigenvalue weighted by Gasteiger charge is 2.49. The van der Waals surface area contributed by atoms with E-state index in [-0.39, 0.29) is 5.41 Å². The van der Waals surface area contributed by atoms with Crippen LogP contribution in [0.4, 0.5) is 0 Å². The van der Waals surface area contributed by atoms with Gasteiger partial charge in [0.15, 0.2) is 0 Å². The maximum atomic E-state index is 5.73. The Hall–Kier alpha value is -0.940. The van der Waals surface area contributed by atoms with E-state index in [0.717, 1.165) is 19.3 Å². The van der Waals surface area contributed by atoms with E-state index < -0.39 is 5.60 Å². The van der Waals surface area contributed by atoms with Gasteiger partial charge in [0.05, 0.1) is 5.41 Å². The summed E-state index contributed by atoms with van der Waals surface area (Å²) in [6.45, 7) is 4.57. The summed E-state index contributed by atoms with van der Waals surface area (Å²) in [6, 6.07) is 0. The second-order valence-electron chi connectivity index (χ2n) is 4.70. The molecule has 1 atom stereocenters. The van der Waals surface area contributed by atoms with Gasteiger partial charge in [0.25, 0.3) is 0 Å². The zero-order valence-corrected chi connectivity index (χ0v) is 10.1. The summed E-state index contributed by atoms with van der Waals surface area (Å²) in [5, 5.41) is 4.02. The van der Waals surface area contributed by atoms with Crippen molar-refractivity contribution in [2.45, 2.75) is 44.1 Å². The first kappa shape index (κ1) is 11.5. The highest BCUT2D eigenvalue weighted by molar-refractivity contribution is 5.17. The van der Waals surface area contributed by atoms with Crippen molar-refractivity contribution < 1.29 is 9.26 Å². The molecule has 0 aromatic carbocycles. The van der Waals surface area contributed by atoms with Crippen LogP contribution >= 0.6 is 0 Å². The van der Waals surface area contributed by atoms with Crippen LogP contribution in [0.5, 0.6) is 0 Å². The molecule has 1 aromatic heterocycles. The van der Waals surface area contributed by atoms with E-state index >= 15 is 0 Å². The summed E-state index contributed by atoms with van der Waals surface area (Å²) in [5.74, 6) is 1.29. The summed E-state index contributed by atoms with van der Waals surface area (Å²) >= 11 is 0. The molecule has 2 rings (SSSR count). The zero-order valence-electron chi connectivity index (χ0n) is 10.1. The molecule has 1 aromatic rings. The summed E-state index contributed by atoms with van der Waals surface area (Å²) in [5.41, 5.74) is 5.21. The van der Waals surface area contributed by atoms with Crippen molar-refractivity contribution in [1.29, 1.82) is 0 Å². The molecule has 0 saturated heterocycles. The summed E-state index contributed by atoms with van der Waals surface area (Å²) < 4.78 is 10.7. The molecule has 1 unspecified atom stereocenters. The first-order valence-corrected chi connectivity index (χ1v) is 5.70. The van der Waals surface area contributed by atoms with Crippen LogP contribution < -0.4 is 5.73 Å². The van der Waals surface area contributed by atoms with Gasteiger partial charge in [-0.25, -0.2) is 0 Å². The first-order chi connectivity index (χ1) is 7.60. The molecule has 1 aliphatic rings. The summed E-state index contributed by atoms with van der Waals surface area (Å²) in [6.07, 6.45) is 2.89. The molecule has 0 aliphatic heterocycles. The van der Waals surface area contributed by atoms with Gasteiger partial charge in [-0.15, -0.1) is 0 Å². The zero-order chi connectivity index (χ0) is 11.8. The SMILES string of the molecule is CCC(C)(OC)c1noc(C2(CN)CC2)n1. The first-order valence-electron chi connectivity index (χ1n) is 5.70. The van der Waals surface area contributed by atoms with Gasteiger partial charge in [-0.1, -0.05) is 12.1 Å². The molecule has 5 heteroatoms. The lowest BCUT2D eigenvalue weighted by Crippen LogP contribution is -2.25. The van der Waals surface area contributed by atoms with Gasteiger partial charge < -0.3 is 15.0 Å². The Morgan fingerprint density at radius 1 is 1.56 bits per heavy atom. The molecule has 1 saturated carbocycles. The van der Waals surface area contributed by atoms with Crippen LogP contribution in [0.25, 0.3) is 0 Å². The highest BCUT2D eigenvalue weighted by atomic mass is 16.5. The van der Waals surface area contributed by atoms with E-state index in [1.807, 2.05) is 13.8 Å². The minimum Gasteiger partial charge on any atom is -0.370 e. The largest absolute Gasteiger partial charge is 0.370 e. The lowest BCUT2D eigenvalue weighted by Gasteiger charge is -2.21. The van der Waals surface area contributed by atoms with Gasteiger partial charge in [0.2, 0.25) is 11.7 Å². The highest BCUT2D eigenvalue weighted by Crippen LogP contribution is 2.46. The molecule has 0 amide bonds. The smallest absolute Gasteiger partial charge is 0.234 e. The second-order valence-corrected chi connectivity index (χ2v) is 4.70. The van der Waals surface area contributed by atoms with Gasteiger partial charge >= 0.3 is 0 Å². The second kappa shape index (κ2) is 3.82. The topological polar surface area (TPSA) is 74.2 Å². The van der Waals surface area contributed by atoms with E-state index in [9.17, 15) is 0 Å². The van der Waals surface area contributed by atoms with E-state index in [1.54, 1.807) is 7.11 Å². The Morgan fingerprint density at radius 3 is 2.69 bits per heavy atom. The Morgan fingerprint density at radius 2 is 2.25 bits per heavy atom. The van der Waals surface area contributed by atoms with Crippen LogP contribution in [0.15, 0.2) is 4.52 Å². The van der Waals surface area contributed by atoms with Crippen molar-refractivity contribution in [2.24, 2.45) is 5.73 Å². The fourth-order valence-corrected chi connectivity index (χ4v) is 1.70. The number of hydrogen-bond donors (Lipinski definition) is 1. The normalized spacial score (nSPS) is 21.8. The van der Waals surface area contributed by atoms with Crippen molar-refractivity contribution in [1.82, 2.24) is 10.1 Å². The van der Waals surface area contributed by atoms with Gasteiger partial charge in [0, 0.05) is 13.7 Å². The minimum absolute atomic E-state index is 0.0480. The number of hydrogen-bond acceptors (Lipinski definition) is 5. The van der Waals surface area contributed by atoms with Gasteiger partial charge in [-0.2, -0.15) is 4.98 Å². The number of rotatable bonds is 5. The third-order valence-electron chi connectivity index (χ3n) is 3.72. The van der Waals surface area contributed by atoms with Crippen LogP contribution in [0.3, 0.4) is 0 Å². The Bertz CT molecular complexity index is 367. The minimum atomic E-state index is -0.466. The quantitative estimate of drug-likeness (QED) is 0.818. The van der Waals surface area contributed by atoms with Crippen molar-refractivity contribution in [3.63, 3.8) is 0 Å². The van der Waals surface area contributed by atoms with Crippen molar-refractivity contribution in [3.05, 3.63) is 11.7 Å². The van der Waals surface area contributed by atoms with E-state index in [1.165, 1.54) is 0 Å². The van der Waals surface area contributed by atoms with Crippen LogP contribution in [0.2, 0.25) is 0 Å². The average Bonchev–Trinajstić information content (AvgIpc) is 2.97. The van der Waals surface area contributed by atoms with Crippen LogP contribution in [0.1, 0.15) is 44.8 Å². The van der Waals surface area contributed by atoms with E-state index in [2.05, 4.69) is 10.1 Å². The van der Waals surface area contributed by atoms with Crippen LogP contribution in [0, 0.1) is 0 Å². The fourth-order valence-electron chi connectivity index (χ4n) is 1.70. The van der Waals surface area contributed by atoms with Gasteiger partial charge in [-0.3, -0.25) is 0 Å². The monoisotopic (exact) mass is 225 g/mol. The Labute approximate surface area is 95.3 Å². The maximum absolute atomic E-state index is 5.73. The van der Waals surface area contributed by atoms with Gasteiger partial charge in [-0.05, 0) is 26.2 Å². The summed E-state index contributed by atoms with van der Waals surface area (Å²) in [4.78, 5) is 4.45. The predicted molar refractivity (Wildman–Crippen MR) is 58.9 cm³/mol. The molecular weight excluding hydrogens is 206 g/mol. The van der Waals surface area contributed by atoms with E-state index in [0.29, 0.717) is 18.3 Å². The number of nitrogens with two attached hydrogens (primary N) is 1. The predicted octanol–water partition coefficient (Wildman–Crippen LogP) is 1.33. The number of methoxy groups -OCH3 is 1. The molecule has 5 nitrogen and oxygen atoms in total. The number of ether oxygens (including phenoxy) is 1. The molecule has 16 heavy (non-hydrogen) atoms. The molecule has 1 fully saturated rings. The fraction of sp³-hybridized carbons (Fsp3) is 0.818. The molecule has 0 bridgehead atoms. The van der Waals surface area contributed by atoms with Gasteiger partial charge in [0.1, 0.15) is 5.60 Å². The van der Waals surface area contributed by atoms with Crippen LogP contribution in [-0.4, -0.2) is 23.8 Å². The molecule has 1 aliphatic carbocycles. The molecule has 90 valence electrons. The number of aromatic nitrogens is 2. The maximum Gasteiger partial charge on any atom is 0.234 e. The van der Waals surface area contributed by atoms with E-state index in [4.69, 9.17) is 15.0 Å². The molecule has 0 spiro atoms. The average molecular weight is 225 g/mol. The third kappa shape index (κ3) is 1.64. The lowest BCUT2D eigenvalue weighted by molar-refractivity contribution is -0.0106. The van der Waals surface area contributed by atoms with Crippen molar-refractivity contribution in [2.75, 3.05) is 13.7 Å². The third-order valence-corrected chi connectivity index (χ3v) is 3.72. The molecule has 0 radical (unpaired) electrons. The molecular formula is C11H19N3O2. The standard InChI is InChI=1S/C11H19N3O2/c1-4-10(2,15-3)8-13-9(16-14-8)11(7-12)5-6-11/h4-7,12H2,1-3H3. The Kier molecular flexibility index (Phi) is 2.75. The van der Waals surface area contributed by atoms with Crippen molar-refractivity contribution in [3.8, 4) is 0 Å². The lowest BCUT2D eigenvalue weighted by atomic mass is 10.0. The number of nitrogens with zero attached hydrogens (tertiary/aromatic N) is 2.